The molecular formula is C34H37N3. The number of nitrogens with one attached hydrogen (secondary N) is 1. The molecular weight excluding hydrogens is 450 g/mol. The summed E-state index contributed by atoms with van der Waals surface area (Å²) in [6.07, 6.45) is 7.23. The van der Waals surface area contributed by atoms with E-state index in [0.717, 1.165) is 36.1 Å². The molecule has 1 saturated carbocycles. The molecule has 7 rings (SSSR count). The third-order valence-corrected chi connectivity index (χ3v) is 9.63. The SMILES string of the molecule is CCC(C)C1=Nc2ccc(-c3ccc(-c4ccc5nc(C(C)CC)[nH]c5c4)c4c3C3CCC4C3)cc2C1. The van der Waals surface area contributed by atoms with Crippen LogP contribution in [0.2, 0.25) is 0 Å². The quantitative estimate of drug-likeness (QED) is 0.289. The van der Waals surface area contributed by atoms with Crippen LogP contribution in [0, 0.1) is 5.92 Å². The second-order valence-corrected chi connectivity index (χ2v) is 11.8. The van der Waals surface area contributed by atoms with Crippen LogP contribution in [0.5, 0.6) is 0 Å². The Morgan fingerprint density at radius 1 is 0.838 bits per heavy atom. The van der Waals surface area contributed by atoms with Crippen LogP contribution >= 0.6 is 0 Å². The molecule has 0 spiro atoms. The van der Waals surface area contributed by atoms with Gasteiger partial charge in [-0.3, -0.25) is 4.99 Å². The Morgan fingerprint density at radius 3 is 2.22 bits per heavy atom. The minimum absolute atomic E-state index is 0.453. The monoisotopic (exact) mass is 487 g/mol. The number of nitrogens with zero attached hydrogens (tertiary/aromatic N) is 2. The van der Waals surface area contributed by atoms with Gasteiger partial charge in [-0.1, -0.05) is 52.0 Å². The molecule has 2 bridgehead atoms. The van der Waals surface area contributed by atoms with Crippen LogP contribution in [0.25, 0.3) is 33.3 Å². The minimum atomic E-state index is 0.453. The van der Waals surface area contributed by atoms with E-state index in [1.54, 1.807) is 11.1 Å². The van der Waals surface area contributed by atoms with Crippen molar-refractivity contribution in [2.45, 2.75) is 84.0 Å². The predicted molar refractivity (Wildman–Crippen MR) is 155 cm³/mol. The molecule has 0 amide bonds. The average Bonchev–Trinajstić information content (AvgIpc) is 3.73. The van der Waals surface area contributed by atoms with Crippen LogP contribution in [0.1, 0.15) is 100 Å². The summed E-state index contributed by atoms with van der Waals surface area (Å²) in [7, 11) is 0. The standard InChI is InChI=1S/C34H37N3/c1-5-19(3)30-18-25-15-21(9-13-28(25)35-30)26-11-12-27(33-24-8-7-23(16-24)32(26)33)22-10-14-29-31(17-22)37-34(36-29)20(4)6-2/h9-15,17,19-20,23-24H,5-8,16,18H2,1-4H3,(H,36,37). The van der Waals surface area contributed by atoms with E-state index in [-0.39, 0.29) is 0 Å². The molecule has 1 aromatic heterocycles. The van der Waals surface area contributed by atoms with Gasteiger partial charge in [-0.15, -0.1) is 0 Å². The lowest BCUT2D eigenvalue weighted by Crippen LogP contribution is -2.09. The molecule has 4 unspecified atom stereocenters. The molecule has 3 heteroatoms. The van der Waals surface area contributed by atoms with E-state index >= 15 is 0 Å². The van der Waals surface area contributed by atoms with E-state index in [1.165, 1.54) is 58.5 Å². The van der Waals surface area contributed by atoms with E-state index in [0.29, 0.717) is 23.7 Å². The van der Waals surface area contributed by atoms with E-state index in [9.17, 15) is 0 Å². The summed E-state index contributed by atoms with van der Waals surface area (Å²) < 4.78 is 0. The molecule has 1 aliphatic heterocycles. The van der Waals surface area contributed by atoms with Gasteiger partial charge in [0.1, 0.15) is 5.82 Å². The molecule has 188 valence electrons. The number of imidazole rings is 1. The topological polar surface area (TPSA) is 41.0 Å². The first-order valence-corrected chi connectivity index (χ1v) is 14.4. The number of benzene rings is 3. The molecule has 37 heavy (non-hydrogen) atoms. The van der Waals surface area contributed by atoms with Crippen molar-refractivity contribution in [3.8, 4) is 22.3 Å². The molecule has 4 atom stereocenters. The van der Waals surface area contributed by atoms with Gasteiger partial charge in [0.15, 0.2) is 0 Å². The zero-order valence-corrected chi connectivity index (χ0v) is 22.6. The number of aromatic amines is 1. The summed E-state index contributed by atoms with van der Waals surface area (Å²) in [5, 5.41) is 0. The molecule has 3 aliphatic rings. The highest BCUT2D eigenvalue weighted by molar-refractivity contribution is 5.96. The molecule has 2 aliphatic carbocycles. The zero-order chi connectivity index (χ0) is 25.3. The van der Waals surface area contributed by atoms with Crippen LogP contribution < -0.4 is 0 Å². The Balaban J connectivity index is 1.30. The highest BCUT2D eigenvalue weighted by Gasteiger charge is 2.40. The van der Waals surface area contributed by atoms with E-state index in [1.807, 2.05) is 0 Å². The van der Waals surface area contributed by atoms with Gasteiger partial charge < -0.3 is 4.98 Å². The number of aliphatic imine (C=N–C) groups is 1. The summed E-state index contributed by atoms with van der Waals surface area (Å²) in [5.74, 6) is 3.50. The Morgan fingerprint density at radius 2 is 1.51 bits per heavy atom. The van der Waals surface area contributed by atoms with Crippen LogP contribution in [-0.4, -0.2) is 15.7 Å². The minimum Gasteiger partial charge on any atom is -0.342 e. The average molecular weight is 488 g/mol. The molecule has 3 nitrogen and oxygen atoms in total. The molecule has 0 saturated heterocycles. The first kappa shape index (κ1) is 23.0. The third kappa shape index (κ3) is 3.61. The fourth-order valence-electron chi connectivity index (χ4n) is 7.06. The lowest BCUT2D eigenvalue weighted by Gasteiger charge is -2.23. The molecule has 1 fully saturated rings. The van der Waals surface area contributed by atoms with Gasteiger partial charge in [-0.2, -0.15) is 0 Å². The Hall–Kier alpha value is -3.20. The van der Waals surface area contributed by atoms with E-state index in [4.69, 9.17) is 9.98 Å². The van der Waals surface area contributed by atoms with Gasteiger partial charge in [0.2, 0.25) is 0 Å². The fraction of sp³-hybridized carbons (Fsp3) is 0.412. The number of rotatable bonds is 6. The van der Waals surface area contributed by atoms with Crippen molar-refractivity contribution in [1.29, 1.82) is 0 Å². The maximum atomic E-state index is 4.97. The summed E-state index contributed by atoms with van der Waals surface area (Å²) in [4.78, 5) is 13.5. The Labute approximate surface area is 220 Å². The van der Waals surface area contributed by atoms with Gasteiger partial charge in [-0.05, 0) is 113 Å². The first-order chi connectivity index (χ1) is 18.0. The largest absolute Gasteiger partial charge is 0.342 e. The van der Waals surface area contributed by atoms with Crippen LogP contribution in [-0.2, 0) is 6.42 Å². The van der Waals surface area contributed by atoms with Gasteiger partial charge in [-0.25, -0.2) is 4.98 Å². The summed E-state index contributed by atoms with van der Waals surface area (Å²) >= 11 is 0. The van der Waals surface area contributed by atoms with Gasteiger partial charge in [0, 0.05) is 18.1 Å². The van der Waals surface area contributed by atoms with Crippen molar-refractivity contribution < 1.29 is 0 Å². The fourth-order valence-corrected chi connectivity index (χ4v) is 7.06. The van der Waals surface area contributed by atoms with Crippen LogP contribution in [0.3, 0.4) is 0 Å². The number of hydrogen-bond acceptors (Lipinski definition) is 2. The van der Waals surface area contributed by atoms with Crippen molar-refractivity contribution in [1.82, 2.24) is 9.97 Å². The Kier molecular flexibility index (Phi) is 5.39. The highest BCUT2D eigenvalue weighted by atomic mass is 14.9. The molecule has 4 aromatic rings. The third-order valence-electron chi connectivity index (χ3n) is 9.63. The number of fused-ring (bicyclic) bond motifs is 7. The number of H-pyrrole nitrogens is 1. The number of aromatic nitrogens is 2. The maximum absolute atomic E-state index is 4.97. The van der Waals surface area contributed by atoms with Crippen molar-refractivity contribution in [2.24, 2.45) is 10.9 Å². The lowest BCUT2D eigenvalue weighted by atomic mass is 9.81. The highest BCUT2D eigenvalue weighted by Crippen LogP contribution is 2.58. The molecule has 0 radical (unpaired) electrons. The van der Waals surface area contributed by atoms with Gasteiger partial charge in [0.05, 0.1) is 16.7 Å². The van der Waals surface area contributed by atoms with Crippen LogP contribution in [0.4, 0.5) is 5.69 Å². The van der Waals surface area contributed by atoms with Crippen LogP contribution in [0.15, 0.2) is 53.5 Å². The summed E-state index contributed by atoms with van der Waals surface area (Å²) in [5.41, 5.74) is 15.0. The van der Waals surface area contributed by atoms with Crippen molar-refractivity contribution in [2.75, 3.05) is 0 Å². The van der Waals surface area contributed by atoms with E-state index < -0.39 is 0 Å². The normalized spacial score (nSPS) is 21.2. The lowest BCUT2D eigenvalue weighted by molar-refractivity contribution is 0.692. The van der Waals surface area contributed by atoms with Crippen molar-refractivity contribution in [3.05, 3.63) is 71.0 Å². The van der Waals surface area contributed by atoms with E-state index in [2.05, 4.69) is 81.2 Å². The molecule has 1 N–H and O–H groups in total. The Bertz CT molecular complexity index is 1560. The van der Waals surface area contributed by atoms with Gasteiger partial charge >= 0.3 is 0 Å². The maximum Gasteiger partial charge on any atom is 0.110 e. The predicted octanol–water partition coefficient (Wildman–Crippen LogP) is 9.45. The molecule has 3 aromatic carbocycles. The van der Waals surface area contributed by atoms with Crippen molar-refractivity contribution in [3.63, 3.8) is 0 Å². The van der Waals surface area contributed by atoms with Gasteiger partial charge in [0.25, 0.3) is 0 Å². The molecule has 2 heterocycles. The first-order valence-electron chi connectivity index (χ1n) is 14.4. The zero-order valence-electron chi connectivity index (χ0n) is 22.6. The second kappa shape index (κ2) is 8.68. The number of hydrogen-bond donors (Lipinski definition) is 1. The summed E-state index contributed by atoms with van der Waals surface area (Å²) in [6, 6.07) is 18.6. The van der Waals surface area contributed by atoms with Crippen molar-refractivity contribution >= 4 is 22.4 Å². The second-order valence-electron chi connectivity index (χ2n) is 11.8. The summed E-state index contributed by atoms with van der Waals surface area (Å²) in [6.45, 7) is 9.04. The smallest absolute Gasteiger partial charge is 0.110 e.